The summed E-state index contributed by atoms with van der Waals surface area (Å²) in [4.78, 5) is 10.6. The van der Waals surface area contributed by atoms with Crippen LogP contribution in [0.5, 0.6) is 0 Å². The van der Waals surface area contributed by atoms with Crippen LogP contribution in [-0.4, -0.2) is 34.0 Å². The predicted octanol–water partition coefficient (Wildman–Crippen LogP) is 3.55. The van der Waals surface area contributed by atoms with E-state index in [1.165, 1.54) is 25.7 Å². The molecule has 3 heterocycles. The van der Waals surface area contributed by atoms with Gasteiger partial charge < -0.3 is 9.88 Å². The normalized spacial score (nSPS) is 31.8. The molecular weight excluding hydrogens is 310 g/mol. The zero-order valence-electron chi connectivity index (χ0n) is 10.7. The molecule has 3 nitrogen and oxygen atoms in total. The van der Waals surface area contributed by atoms with Gasteiger partial charge in [0.25, 0.3) is 0 Å². The Morgan fingerprint density at radius 1 is 1.33 bits per heavy atom. The summed E-state index contributed by atoms with van der Waals surface area (Å²) in [7, 11) is 2.26. The van der Waals surface area contributed by atoms with Crippen LogP contribution in [0.25, 0.3) is 0 Å². The average molecular weight is 328 g/mol. The molecule has 2 bridgehead atoms. The Kier molecular flexibility index (Phi) is 3.32. The molecule has 0 saturated carbocycles. The molecule has 98 valence electrons. The van der Waals surface area contributed by atoms with E-state index in [9.17, 15) is 0 Å². The molecule has 1 N–H and O–H groups in total. The average Bonchev–Trinajstić information content (AvgIpc) is 2.57. The number of aromatic amines is 1. The number of hydrogen-bond acceptors (Lipinski definition) is 3. The number of H-pyrrole nitrogens is 1. The largest absolute Gasteiger partial charge is 0.346 e. The van der Waals surface area contributed by atoms with Gasteiger partial charge in [0.15, 0.2) is 0 Å². The summed E-state index contributed by atoms with van der Waals surface area (Å²) in [5.74, 6) is 1.64. The van der Waals surface area contributed by atoms with Gasteiger partial charge in [0.2, 0.25) is 0 Å². The number of piperidine rings is 1. The third-order valence-corrected chi connectivity index (χ3v) is 6.07. The first kappa shape index (κ1) is 12.8. The number of aryl methyl sites for hydroxylation is 1. The van der Waals surface area contributed by atoms with E-state index in [4.69, 9.17) is 12.2 Å². The lowest BCUT2D eigenvalue weighted by molar-refractivity contribution is 0.158. The van der Waals surface area contributed by atoms with E-state index < -0.39 is 0 Å². The molecule has 2 atom stereocenters. The maximum absolute atomic E-state index is 5.31. The van der Waals surface area contributed by atoms with E-state index in [-0.39, 0.29) is 0 Å². The van der Waals surface area contributed by atoms with E-state index in [1.807, 2.05) is 0 Å². The van der Waals surface area contributed by atoms with E-state index >= 15 is 0 Å². The molecule has 2 aliphatic rings. The fraction of sp³-hybridized carbons (Fsp3) is 0.692. The first-order chi connectivity index (χ1) is 8.56. The third-order valence-electron chi connectivity index (χ3n) is 4.54. The van der Waals surface area contributed by atoms with Crippen LogP contribution in [0.15, 0.2) is 4.47 Å². The topological polar surface area (TPSA) is 31.9 Å². The second kappa shape index (κ2) is 4.69. The van der Waals surface area contributed by atoms with E-state index in [2.05, 4.69) is 44.8 Å². The number of fused-ring (bicyclic) bond motifs is 2. The van der Waals surface area contributed by atoms with Crippen molar-refractivity contribution in [2.24, 2.45) is 0 Å². The molecule has 1 aromatic heterocycles. The molecule has 2 saturated heterocycles. The van der Waals surface area contributed by atoms with Crippen LogP contribution in [0.3, 0.4) is 0 Å². The summed E-state index contributed by atoms with van der Waals surface area (Å²) in [5.41, 5.74) is 1.09. The SMILES string of the molecule is Cc1[nH]c(C2CC3CCC(C2)N3C)nc(=S)c1Br. The first-order valence-corrected chi connectivity index (χ1v) is 7.74. The Labute approximate surface area is 121 Å². The zero-order chi connectivity index (χ0) is 12.9. The highest BCUT2D eigenvalue weighted by Gasteiger charge is 2.39. The van der Waals surface area contributed by atoms with Crippen molar-refractivity contribution < 1.29 is 0 Å². The number of nitrogens with zero attached hydrogens (tertiary/aromatic N) is 2. The third kappa shape index (κ3) is 2.06. The second-order valence-electron chi connectivity index (χ2n) is 5.58. The highest BCUT2D eigenvalue weighted by molar-refractivity contribution is 9.10. The first-order valence-electron chi connectivity index (χ1n) is 6.54. The number of hydrogen-bond donors (Lipinski definition) is 1. The van der Waals surface area contributed by atoms with Gasteiger partial charge in [0, 0.05) is 23.7 Å². The summed E-state index contributed by atoms with van der Waals surface area (Å²) >= 11 is 8.78. The lowest BCUT2D eigenvalue weighted by Gasteiger charge is -2.35. The minimum atomic E-state index is 0.548. The highest BCUT2D eigenvalue weighted by atomic mass is 79.9. The van der Waals surface area contributed by atoms with E-state index in [1.54, 1.807) is 0 Å². The predicted molar refractivity (Wildman–Crippen MR) is 78.4 cm³/mol. The molecule has 0 aliphatic carbocycles. The molecule has 0 radical (unpaired) electrons. The number of nitrogens with one attached hydrogen (secondary N) is 1. The number of aromatic nitrogens is 2. The van der Waals surface area contributed by atoms with Crippen molar-refractivity contribution in [3.63, 3.8) is 0 Å². The smallest absolute Gasteiger partial charge is 0.144 e. The van der Waals surface area contributed by atoms with Crippen molar-refractivity contribution in [2.75, 3.05) is 7.05 Å². The summed E-state index contributed by atoms with van der Waals surface area (Å²) in [5, 5.41) is 0. The summed E-state index contributed by atoms with van der Waals surface area (Å²) in [6.07, 6.45) is 5.11. The highest BCUT2D eigenvalue weighted by Crippen LogP contribution is 2.41. The Bertz CT molecular complexity index is 513. The van der Waals surface area contributed by atoms with Crippen molar-refractivity contribution in [1.29, 1.82) is 0 Å². The monoisotopic (exact) mass is 327 g/mol. The van der Waals surface area contributed by atoms with Crippen molar-refractivity contribution in [2.45, 2.75) is 50.6 Å². The van der Waals surface area contributed by atoms with Gasteiger partial charge in [-0.25, -0.2) is 4.98 Å². The minimum Gasteiger partial charge on any atom is -0.346 e. The minimum absolute atomic E-state index is 0.548. The molecule has 3 rings (SSSR count). The van der Waals surface area contributed by atoms with Gasteiger partial charge in [0.05, 0.1) is 4.47 Å². The van der Waals surface area contributed by atoms with Crippen molar-refractivity contribution >= 4 is 28.1 Å². The molecule has 0 amide bonds. The van der Waals surface area contributed by atoms with Gasteiger partial charge in [-0.2, -0.15) is 0 Å². The van der Waals surface area contributed by atoms with E-state index in [0.717, 1.165) is 28.1 Å². The second-order valence-corrected chi connectivity index (χ2v) is 6.76. The maximum Gasteiger partial charge on any atom is 0.144 e. The van der Waals surface area contributed by atoms with Gasteiger partial charge >= 0.3 is 0 Å². The Balaban J connectivity index is 1.91. The Hall–Kier alpha value is -0.260. The summed E-state index contributed by atoms with van der Waals surface area (Å²) in [6, 6.07) is 1.47. The Morgan fingerprint density at radius 3 is 2.50 bits per heavy atom. The van der Waals surface area contributed by atoms with Crippen LogP contribution in [0.2, 0.25) is 0 Å². The van der Waals surface area contributed by atoms with E-state index in [0.29, 0.717) is 10.6 Å². The van der Waals surface area contributed by atoms with Crippen molar-refractivity contribution in [3.05, 3.63) is 20.6 Å². The molecule has 2 aliphatic heterocycles. The van der Waals surface area contributed by atoms with Crippen molar-refractivity contribution in [1.82, 2.24) is 14.9 Å². The fourth-order valence-corrected chi connectivity index (χ4v) is 3.86. The molecule has 2 unspecified atom stereocenters. The van der Waals surface area contributed by atoms with Crippen LogP contribution >= 0.6 is 28.1 Å². The van der Waals surface area contributed by atoms with Gasteiger partial charge in [-0.1, -0.05) is 12.2 Å². The number of halogens is 1. The van der Waals surface area contributed by atoms with Crippen LogP contribution < -0.4 is 0 Å². The zero-order valence-corrected chi connectivity index (χ0v) is 13.1. The molecule has 0 spiro atoms. The molecule has 0 aromatic carbocycles. The maximum atomic E-state index is 5.31. The van der Waals surface area contributed by atoms with Crippen LogP contribution in [0.4, 0.5) is 0 Å². The van der Waals surface area contributed by atoms with Gasteiger partial charge in [-0.15, -0.1) is 0 Å². The quantitative estimate of drug-likeness (QED) is 0.800. The summed E-state index contributed by atoms with van der Waals surface area (Å²) in [6.45, 7) is 2.05. The van der Waals surface area contributed by atoms with Crippen LogP contribution in [0, 0.1) is 11.6 Å². The molecule has 1 aromatic rings. The number of rotatable bonds is 1. The van der Waals surface area contributed by atoms with Crippen molar-refractivity contribution in [3.8, 4) is 0 Å². The van der Waals surface area contributed by atoms with Crippen LogP contribution in [-0.2, 0) is 0 Å². The molecular formula is C13H18BrN3S. The molecule has 5 heteroatoms. The Morgan fingerprint density at radius 2 is 1.94 bits per heavy atom. The van der Waals surface area contributed by atoms with Crippen LogP contribution in [0.1, 0.15) is 43.1 Å². The molecule has 18 heavy (non-hydrogen) atoms. The van der Waals surface area contributed by atoms with Gasteiger partial charge in [0.1, 0.15) is 10.5 Å². The van der Waals surface area contributed by atoms with Gasteiger partial charge in [-0.05, 0) is 55.6 Å². The lowest BCUT2D eigenvalue weighted by Crippen LogP contribution is -2.39. The lowest BCUT2D eigenvalue weighted by atomic mass is 9.90. The van der Waals surface area contributed by atoms with Gasteiger partial charge in [-0.3, -0.25) is 0 Å². The summed E-state index contributed by atoms with van der Waals surface area (Å²) < 4.78 is 1.62. The standard InChI is InChI=1S/C13H18BrN3S/c1-7-11(14)13(18)16-12(15-7)8-5-9-3-4-10(6-8)17(9)2/h8-10H,3-6H2,1-2H3,(H,15,16,18). The fourth-order valence-electron chi connectivity index (χ4n) is 3.42. The molecule has 2 fully saturated rings.